The quantitative estimate of drug-likeness (QED) is 0.400. The van der Waals surface area contributed by atoms with E-state index in [1.807, 2.05) is 13.8 Å². The van der Waals surface area contributed by atoms with Gasteiger partial charge in [0.1, 0.15) is 11.7 Å². The molecule has 1 saturated carbocycles. The minimum absolute atomic E-state index is 0.00403. The van der Waals surface area contributed by atoms with Crippen molar-refractivity contribution in [1.29, 1.82) is 0 Å². The van der Waals surface area contributed by atoms with Crippen molar-refractivity contribution in [2.45, 2.75) is 40.0 Å². The van der Waals surface area contributed by atoms with Crippen LogP contribution in [0.1, 0.15) is 40.0 Å². The minimum atomic E-state index is -0.526. The number of rotatable bonds is 2. The number of Topliss-reactive ketones (excluding diaryl/α,β-unsaturated/α-hetero) is 1. The number of hydrogen-bond acceptors (Lipinski definition) is 3. The van der Waals surface area contributed by atoms with Gasteiger partial charge in [-0.15, -0.1) is 0 Å². The first-order valence-electron chi connectivity index (χ1n) is 5.78. The molecule has 3 nitrogen and oxygen atoms in total. The lowest BCUT2D eigenvalue weighted by Gasteiger charge is -2.19. The van der Waals surface area contributed by atoms with Gasteiger partial charge < -0.3 is 4.74 Å². The molecular weight excluding hydrogens is 192 g/mol. The highest BCUT2D eigenvalue weighted by Gasteiger charge is 2.37. The lowest BCUT2D eigenvalue weighted by molar-refractivity contribution is -0.154. The Bertz CT molecular complexity index is 247. The van der Waals surface area contributed by atoms with E-state index in [0.29, 0.717) is 6.61 Å². The number of ether oxygens (including phenoxy) is 1. The summed E-state index contributed by atoms with van der Waals surface area (Å²) < 4.78 is 4.97. The number of ketones is 1. The minimum Gasteiger partial charge on any atom is -0.465 e. The fraction of sp³-hybridized carbons (Fsp3) is 0.833. The van der Waals surface area contributed by atoms with Gasteiger partial charge in [0.2, 0.25) is 0 Å². The molecule has 0 heterocycles. The van der Waals surface area contributed by atoms with Crippen LogP contribution in [0.2, 0.25) is 0 Å². The van der Waals surface area contributed by atoms with E-state index in [-0.39, 0.29) is 23.6 Å². The summed E-state index contributed by atoms with van der Waals surface area (Å²) in [6.45, 7) is 6.00. The summed E-state index contributed by atoms with van der Waals surface area (Å²) in [4.78, 5) is 23.6. The van der Waals surface area contributed by atoms with Gasteiger partial charge >= 0.3 is 5.97 Å². The molecule has 86 valence electrons. The van der Waals surface area contributed by atoms with Crippen molar-refractivity contribution in [3.8, 4) is 0 Å². The SMILES string of the molecule is CCOC(=O)C1C(=O)C(C)CCC[C@@H]1C. The molecule has 1 fully saturated rings. The molecule has 0 saturated heterocycles. The van der Waals surface area contributed by atoms with Crippen LogP contribution < -0.4 is 0 Å². The zero-order valence-electron chi connectivity index (χ0n) is 9.79. The molecule has 0 aromatic carbocycles. The van der Waals surface area contributed by atoms with E-state index in [0.717, 1.165) is 19.3 Å². The highest BCUT2D eigenvalue weighted by atomic mass is 16.5. The molecule has 0 N–H and O–H groups in total. The van der Waals surface area contributed by atoms with Gasteiger partial charge in [0.25, 0.3) is 0 Å². The number of esters is 1. The Morgan fingerprint density at radius 3 is 2.67 bits per heavy atom. The van der Waals surface area contributed by atoms with Gasteiger partial charge in [0, 0.05) is 5.92 Å². The first-order chi connectivity index (χ1) is 7.07. The molecule has 2 unspecified atom stereocenters. The topological polar surface area (TPSA) is 43.4 Å². The molecular formula is C12H20O3. The summed E-state index contributed by atoms with van der Waals surface area (Å²) in [5.41, 5.74) is 0. The van der Waals surface area contributed by atoms with Gasteiger partial charge in [0.15, 0.2) is 0 Å². The Morgan fingerprint density at radius 1 is 1.40 bits per heavy atom. The van der Waals surface area contributed by atoms with Crippen molar-refractivity contribution in [2.75, 3.05) is 6.61 Å². The van der Waals surface area contributed by atoms with Crippen LogP contribution >= 0.6 is 0 Å². The molecule has 0 aliphatic heterocycles. The lowest BCUT2D eigenvalue weighted by Crippen LogP contribution is -2.33. The van der Waals surface area contributed by atoms with Crippen LogP contribution in [0.4, 0.5) is 0 Å². The molecule has 15 heavy (non-hydrogen) atoms. The lowest BCUT2D eigenvalue weighted by atomic mass is 9.86. The molecule has 3 atom stereocenters. The molecule has 1 aliphatic rings. The van der Waals surface area contributed by atoms with Crippen molar-refractivity contribution in [3.05, 3.63) is 0 Å². The molecule has 0 radical (unpaired) electrons. The molecule has 1 aliphatic carbocycles. The summed E-state index contributed by atoms with van der Waals surface area (Å²) in [7, 11) is 0. The smallest absolute Gasteiger partial charge is 0.316 e. The molecule has 0 aromatic rings. The van der Waals surface area contributed by atoms with Crippen LogP contribution in [0.25, 0.3) is 0 Å². The zero-order valence-corrected chi connectivity index (χ0v) is 9.79. The van der Waals surface area contributed by atoms with E-state index in [1.54, 1.807) is 6.92 Å². The van der Waals surface area contributed by atoms with Gasteiger partial charge in [-0.3, -0.25) is 9.59 Å². The van der Waals surface area contributed by atoms with Crippen molar-refractivity contribution in [1.82, 2.24) is 0 Å². The maximum absolute atomic E-state index is 12.0. The van der Waals surface area contributed by atoms with Gasteiger partial charge in [-0.25, -0.2) is 0 Å². The largest absolute Gasteiger partial charge is 0.465 e. The molecule has 0 aromatic heterocycles. The number of hydrogen-bond donors (Lipinski definition) is 0. The van der Waals surface area contributed by atoms with Crippen molar-refractivity contribution in [2.24, 2.45) is 17.8 Å². The summed E-state index contributed by atoms with van der Waals surface area (Å²) >= 11 is 0. The van der Waals surface area contributed by atoms with E-state index in [9.17, 15) is 9.59 Å². The van der Waals surface area contributed by atoms with E-state index >= 15 is 0 Å². The van der Waals surface area contributed by atoms with Crippen LogP contribution in [0, 0.1) is 17.8 Å². The third-order valence-electron chi connectivity index (χ3n) is 3.20. The maximum Gasteiger partial charge on any atom is 0.316 e. The summed E-state index contributed by atoms with van der Waals surface area (Å²) in [5, 5.41) is 0. The second-order valence-electron chi connectivity index (χ2n) is 4.44. The second-order valence-corrected chi connectivity index (χ2v) is 4.44. The van der Waals surface area contributed by atoms with Crippen LogP contribution in [-0.4, -0.2) is 18.4 Å². The fourth-order valence-electron chi connectivity index (χ4n) is 2.22. The summed E-state index contributed by atoms with van der Waals surface area (Å²) in [6.07, 6.45) is 2.88. The van der Waals surface area contributed by atoms with Gasteiger partial charge in [-0.1, -0.05) is 20.3 Å². The van der Waals surface area contributed by atoms with E-state index in [1.165, 1.54) is 0 Å². The van der Waals surface area contributed by atoms with E-state index < -0.39 is 5.92 Å². The van der Waals surface area contributed by atoms with Crippen LogP contribution in [-0.2, 0) is 14.3 Å². The van der Waals surface area contributed by atoms with Crippen LogP contribution in [0.5, 0.6) is 0 Å². The zero-order chi connectivity index (χ0) is 11.4. The average Bonchev–Trinajstić information content (AvgIpc) is 2.28. The molecule has 0 amide bonds. The van der Waals surface area contributed by atoms with Crippen LogP contribution in [0.15, 0.2) is 0 Å². The molecule has 1 rings (SSSR count). The first kappa shape index (κ1) is 12.2. The predicted molar refractivity (Wildman–Crippen MR) is 57.3 cm³/mol. The number of carbonyl (C=O) groups is 2. The highest BCUT2D eigenvalue weighted by molar-refractivity contribution is 6.00. The van der Waals surface area contributed by atoms with Crippen LogP contribution in [0.3, 0.4) is 0 Å². The highest BCUT2D eigenvalue weighted by Crippen LogP contribution is 2.29. The third-order valence-corrected chi connectivity index (χ3v) is 3.20. The molecule has 3 heteroatoms. The Hall–Kier alpha value is -0.860. The van der Waals surface area contributed by atoms with Gasteiger partial charge in [-0.05, 0) is 25.7 Å². The molecule has 0 spiro atoms. The summed E-state index contributed by atoms with van der Waals surface area (Å²) in [6, 6.07) is 0. The van der Waals surface area contributed by atoms with Crippen molar-refractivity contribution >= 4 is 11.8 Å². The maximum atomic E-state index is 12.0. The van der Waals surface area contributed by atoms with Gasteiger partial charge in [-0.2, -0.15) is 0 Å². The second kappa shape index (κ2) is 5.29. The fourth-order valence-corrected chi connectivity index (χ4v) is 2.22. The predicted octanol–water partition coefficient (Wildman–Crippen LogP) is 2.19. The van der Waals surface area contributed by atoms with Crippen molar-refractivity contribution in [3.63, 3.8) is 0 Å². The normalized spacial score (nSPS) is 32.2. The Labute approximate surface area is 91.2 Å². The standard InChI is InChI=1S/C12H20O3/c1-4-15-12(14)10-8(2)6-5-7-9(3)11(10)13/h8-10H,4-7H2,1-3H3/t8-,9?,10?/m0/s1. The monoisotopic (exact) mass is 212 g/mol. The molecule has 0 bridgehead atoms. The van der Waals surface area contributed by atoms with E-state index in [2.05, 4.69) is 0 Å². The number of carbonyl (C=O) groups excluding carboxylic acids is 2. The van der Waals surface area contributed by atoms with E-state index in [4.69, 9.17) is 4.74 Å². The summed E-state index contributed by atoms with van der Waals surface area (Å²) in [5.74, 6) is -0.657. The Balaban J connectivity index is 2.79. The van der Waals surface area contributed by atoms with Crippen molar-refractivity contribution < 1.29 is 14.3 Å². The Morgan fingerprint density at radius 2 is 2.07 bits per heavy atom. The first-order valence-corrected chi connectivity index (χ1v) is 5.78. The third kappa shape index (κ3) is 2.80. The Kier molecular flexibility index (Phi) is 4.30. The van der Waals surface area contributed by atoms with Gasteiger partial charge in [0.05, 0.1) is 6.61 Å². The average molecular weight is 212 g/mol.